The fourth-order valence-electron chi connectivity index (χ4n) is 3.18. The lowest BCUT2D eigenvalue weighted by molar-refractivity contribution is 0.367. The smallest absolute Gasteiger partial charge is 0.216 e. The summed E-state index contributed by atoms with van der Waals surface area (Å²) in [5.41, 5.74) is 2.22. The van der Waals surface area contributed by atoms with Crippen LogP contribution < -0.4 is 10.1 Å². The first kappa shape index (κ1) is 16.1. The van der Waals surface area contributed by atoms with Gasteiger partial charge in [0.25, 0.3) is 0 Å². The molecule has 2 atom stereocenters. The van der Waals surface area contributed by atoms with E-state index < -0.39 is 0 Å². The van der Waals surface area contributed by atoms with Crippen LogP contribution in [0.25, 0.3) is 0 Å². The van der Waals surface area contributed by atoms with Gasteiger partial charge in [-0.2, -0.15) is 5.10 Å². The predicted octanol–water partition coefficient (Wildman–Crippen LogP) is 3.56. The van der Waals surface area contributed by atoms with Crippen molar-refractivity contribution >= 4 is 0 Å². The molecule has 1 aliphatic rings. The van der Waals surface area contributed by atoms with Gasteiger partial charge in [-0.05, 0) is 30.4 Å². The van der Waals surface area contributed by atoms with Crippen molar-refractivity contribution in [1.29, 1.82) is 0 Å². The van der Waals surface area contributed by atoms with E-state index in [9.17, 15) is 0 Å². The van der Waals surface area contributed by atoms with Crippen LogP contribution in [0.5, 0.6) is 5.88 Å². The first-order valence-electron chi connectivity index (χ1n) is 8.40. The lowest BCUT2D eigenvalue weighted by Crippen LogP contribution is -2.14. The molecular formula is C18H27N3O2. The summed E-state index contributed by atoms with van der Waals surface area (Å²) in [7, 11) is 3.62. The number of rotatable bonds is 7. The van der Waals surface area contributed by atoms with Crippen molar-refractivity contribution in [3.05, 3.63) is 34.9 Å². The van der Waals surface area contributed by atoms with Gasteiger partial charge in [0.15, 0.2) is 0 Å². The van der Waals surface area contributed by atoms with Crippen molar-refractivity contribution in [3.63, 3.8) is 0 Å². The first-order chi connectivity index (χ1) is 11.0. The number of hydrogen-bond acceptors (Lipinski definition) is 4. The minimum atomic E-state index is 0.369. The molecule has 1 aliphatic carbocycles. The minimum absolute atomic E-state index is 0.369. The number of furan rings is 1. The largest absolute Gasteiger partial charge is 0.481 e. The van der Waals surface area contributed by atoms with E-state index in [4.69, 9.17) is 9.15 Å². The van der Waals surface area contributed by atoms with Gasteiger partial charge in [0, 0.05) is 19.5 Å². The molecule has 0 amide bonds. The van der Waals surface area contributed by atoms with Gasteiger partial charge in [-0.3, -0.25) is 0 Å². The standard InChI is InChI=1S/C18H27N3O2/c1-11(2)17-15(18(22-5)21(4)20-17)10-19-9-13-6-7-16(23-13)14-8-12(14)3/h6-7,11-12,14,19H,8-10H2,1-5H3/t12-,14+/m0/s1. The number of ether oxygens (including phenoxy) is 1. The molecule has 2 aromatic heterocycles. The van der Waals surface area contributed by atoms with Gasteiger partial charge in [0.05, 0.1) is 24.9 Å². The number of aromatic nitrogens is 2. The van der Waals surface area contributed by atoms with Crippen LogP contribution in [-0.2, 0) is 20.1 Å². The van der Waals surface area contributed by atoms with E-state index in [1.165, 1.54) is 6.42 Å². The normalized spacial score (nSPS) is 20.3. The molecule has 0 aliphatic heterocycles. The van der Waals surface area contributed by atoms with Crippen LogP contribution in [0.1, 0.15) is 61.8 Å². The Bertz CT molecular complexity index is 672. The third kappa shape index (κ3) is 3.29. The number of hydrogen-bond donors (Lipinski definition) is 1. The van der Waals surface area contributed by atoms with E-state index in [2.05, 4.69) is 43.3 Å². The van der Waals surface area contributed by atoms with E-state index in [0.29, 0.717) is 11.8 Å². The second kappa shape index (κ2) is 6.40. The minimum Gasteiger partial charge on any atom is -0.481 e. The van der Waals surface area contributed by atoms with Crippen LogP contribution in [0, 0.1) is 5.92 Å². The zero-order valence-corrected chi connectivity index (χ0v) is 14.7. The zero-order chi connectivity index (χ0) is 16.6. The Morgan fingerprint density at radius 1 is 1.39 bits per heavy atom. The highest BCUT2D eigenvalue weighted by Crippen LogP contribution is 2.47. The lowest BCUT2D eigenvalue weighted by Gasteiger charge is -2.08. The highest BCUT2D eigenvalue weighted by Gasteiger charge is 2.36. The maximum absolute atomic E-state index is 5.94. The Morgan fingerprint density at radius 3 is 2.74 bits per heavy atom. The van der Waals surface area contributed by atoms with Gasteiger partial charge in [-0.1, -0.05) is 20.8 Å². The molecule has 5 heteroatoms. The summed E-state index contributed by atoms with van der Waals surface area (Å²) in [6, 6.07) is 4.20. The fourth-order valence-corrected chi connectivity index (χ4v) is 3.18. The average molecular weight is 317 g/mol. The molecule has 5 nitrogen and oxygen atoms in total. The second-order valence-corrected chi connectivity index (χ2v) is 6.88. The second-order valence-electron chi connectivity index (χ2n) is 6.88. The molecule has 2 heterocycles. The molecule has 1 N–H and O–H groups in total. The summed E-state index contributed by atoms with van der Waals surface area (Å²) in [6.45, 7) is 8.02. The monoisotopic (exact) mass is 317 g/mol. The van der Waals surface area contributed by atoms with Crippen LogP contribution >= 0.6 is 0 Å². The summed E-state index contributed by atoms with van der Waals surface area (Å²) >= 11 is 0. The van der Waals surface area contributed by atoms with Crippen LogP contribution in [0.4, 0.5) is 0 Å². The maximum Gasteiger partial charge on any atom is 0.216 e. The van der Waals surface area contributed by atoms with Gasteiger partial charge < -0.3 is 14.5 Å². The van der Waals surface area contributed by atoms with Crippen molar-refractivity contribution in [1.82, 2.24) is 15.1 Å². The molecule has 3 rings (SSSR count). The average Bonchev–Trinajstić information content (AvgIpc) is 2.94. The quantitative estimate of drug-likeness (QED) is 0.848. The molecule has 0 bridgehead atoms. The van der Waals surface area contributed by atoms with E-state index in [1.807, 2.05) is 11.7 Å². The molecule has 0 aromatic carbocycles. The van der Waals surface area contributed by atoms with Gasteiger partial charge >= 0.3 is 0 Å². The van der Waals surface area contributed by atoms with E-state index in [0.717, 1.165) is 47.7 Å². The lowest BCUT2D eigenvalue weighted by atomic mass is 10.1. The van der Waals surface area contributed by atoms with Crippen molar-refractivity contribution in [2.24, 2.45) is 13.0 Å². The van der Waals surface area contributed by atoms with Crippen LogP contribution in [0.3, 0.4) is 0 Å². The molecule has 1 saturated carbocycles. The third-order valence-electron chi connectivity index (χ3n) is 4.62. The number of methoxy groups -OCH3 is 1. The van der Waals surface area contributed by atoms with Gasteiger partial charge in [0.2, 0.25) is 5.88 Å². The van der Waals surface area contributed by atoms with E-state index in [-0.39, 0.29) is 0 Å². The molecule has 2 aromatic rings. The molecule has 23 heavy (non-hydrogen) atoms. The SMILES string of the molecule is COc1c(CNCc2ccc([C@@H]3C[C@@H]3C)o2)c(C(C)C)nn1C. The van der Waals surface area contributed by atoms with Gasteiger partial charge in [0.1, 0.15) is 11.5 Å². The summed E-state index contributed by atoms with van der Waals surface area (Å²) in [5, 5.41) is 8.04. The Kier molecular flexibility index (Phi) is 4.48. The summed E-state index contributed by atoms with van der Waals surface area (Å²) < 4.78 is 13.3. The Morgan fingerprint density at radius 2 is 2.13 bits per heavy atom. The fraction of sp³-hybridized carbons (Fsp3) is 0.611. The van der Waals surface area contributed by atoms with Crippen LogP contribution in [0.15, 0.2) is 16.5 Å². The molecule has 1 fully saturated rings. The predicted molar refractivity (Wildman–Crippen MR) is 89.6 cm³/mol. The Labute approximate surface area is 138 Å². The van der Waals surface area contributed by atoms with Gasteiger partial charge in [-0.15, -0.1) is 0 Å². The van der Waals surface area contributed by atoms with Crippen molar-refractivity contribution in [2.45, 2.75) is 52.1 Å². The zero-order valence-electron chi connectivity index (χ0n) is 14.7. The number of aryl methyl sites for hydroxylation is 1. The third-order valence-corrected chi connectivity index (χ3v) is 4.62. The Hall–Kier alpha value is -1.75. The molecule has 0 spiro atoms. The van der Waals surface area contributed by atoms with E-state index >= 15 is 0 Å². The topological polar surface area (TPSA) is 52.2 Å². The van der Waals surface area contributed by atoms with Crippen LogP contribution in [-0.4, -0.2) is 16.9 Å². The Balaban J connectivity index is 1.63. The number of nitrogens with one attached hydrogen (secondary N) is 1. The molecule has 0 radical (unpaired) electrons. The van der Waals surface area contributed by atoms with Crippen molar-refractivity contribution < 1.29 is 9.15 Å². The molecule has 126 valence electrons. The highest BCUT2D eigenvalue weighted by molar-refractivity contribution is 5.33. The summed E-state index contributed by atoms with van der Waals surface area (Å²) in [6.07, 6.45) is 1.25. The maximum atomic E-state index is 5.94. The van der Waals surface area contributed by atoms with E-state index in [1.54, 1.807) is 7.11 Å². The summed E-state index contributed by atoms with van der Waals surface area (Å²) in [4.78, 5) is 0. The summed E-state index contributed by atoms with van der Waals surface area (Å²) in [5.74, 6) is 4.73. The van der Waals surface area contributed by atoms with Gasteiger partial charge in [-0.25, -0.2) is 4.68 Å². The van der Waals surface area contributed by atoms with Crippen molar-refractivity contribution in [2.75, 3.05) is 7.11 Å². The highest BCUT2D eigenvalue weighted by atomic mass is 16.5. The van der Waals surface area contributed by atoms with Crippen molar-refractivity contribution in [3.8, 4) is 5.88 Å². The molecule has 0 saturated heterocycles. The number of nitrogens with zero attached hydrogens (tertiary/aromatic N) is 2. The first-order valence-corrected chi connectivity index (χ1v) is 8.40. The van der Waals surface area contributed by atoms with Crippen LogP contribution in [0.2, 0.25) is 0 Å². The molecular weight excluding hydrogens is 290 g/mol. The molecule has 0 unspecified atom stereocenters.